The zero-order chi connectivity index (χ0) is 15.5. The Morgan fingerprint density at radius 2 is 1.82 bits per heavy atom. The van der Waals surface area contributed by atoms with Crippen LogP contribution in [0.1, 0.15) is 15.9 Å². The lowest BCUT2D eigenvalue weighted by Crippen LogP contribution is -2.32. The maximum Gasteiger partial charge on any atom is 0.254 e. The number of benzene rings is 2. The summed E-state index contributed by atoms with van der Waals surface area (Å²) >= 11 is 0. The van der Waals surface area contributed by atoms with E-state index in [1.165, 1.54) is 5.56 Å². The predicted octanol–water partition coefficient (Wildman–Crippen LogP) is 2.82. The molecular formula is C18H21N3O. The van der Waals surface area contributed by atoms with Gasteiger partial charge in [-0.05, 0) is 35.9 Å². The smallest absolute Gasteiger partial charge is 0.254 e. The maximum atomic E-state index is 12.7. The van der Waals surface area contributed by atoms with Crippen LogP contribution in [0.15, 0.2) is 48.5 Å². The number of nitrogens with zero attached hydrogens (tertiary/aromatic N) is 2. The molecule has 0 fully saturated rings. The van der Waals surface area contributed by atoms with Gasteiger partial charge in [0.2, 0.25) is 0 Å². The van der Waals surface area contributed by atoms with Crippen LogP contribution in [0.3, 0.4) is 0 Å². The molecular weight excluding hydrogens is 274 g/mol. The molecule has 1 aliphatic rings. The molecule has 0 aliphatic carbocycles. The fourth-order valence-electron chi connectivity index (χ4n) is 2.70. The van der Waals surface area contributed by atoms with Crippen molar-refractivity contribution in [3.05, 3.63) is 59.7 Å². The van der Waals surface area contributed by atoms with Crippen molar-refractivity contribution in [1.82, 2.24) is 4.90 Å². The number of hydrogen-bond acceptors (Lipinski definition) is 3. The SMILES string of the molecule is CN(C)c1ccc(C(=O)N2CCNc3ccccc3C2)cc1. The second kappa shape index (κ2) is 6.10. The number of amides is 1. The average molecular weight is 295 g/mol. The van der Waals surface area contributed by atoms with Crippen LogP contribution in [0.5, 0.6) is 0 Å². The minimum Gasteiger partial charge on any atom is -0.383 e. The van der Waals surface area contributed by atoms with Gasteiger partial charge in [-0.2, -0.15) is 0 Å². The number of para-hydroxylation sites is 1. The minimum atomic E-state index is 0.0869. The molecule has 4 heteroatoms. The fourth-order valence-corrected chi connectivity index (χ4v) is 2.70. The van der Waals surface area contributed by atoms with Crippen molar-refractivity contribution >= 4 is 17.3 Å². The second-order valence-electron chi connectivity index (χ2n) is 5.75. The van der Waals surface area contributed by atoms with Gasteiger partial charge < -0.3 is 15.1 Å². The predicted molar refractivity (Wildman–Crippen MR) is 90.4 cm³/mol. The van der Waals surface area contributed by atoms with E-state index in [0.29, 0.717) is 13.1 Å². The van der Waals surface area contributed by atoms with Crippen LogP contribution in [0.4, 0.5) is 11.4 Å². The van der Waals surface area contributed by atoms with Crippen LogP contribution in [0.2, 0.25) is 0 Å². The van der Waals surface area contributed by atoms with E-state index in [1.54, 1.807) is 0 Å². The van der Waals surface area contributed by atoms with Crippen molar-refractivity contribution in [1.29, 1.82) is 0 Å². The maximum absolute atomic E-state index is 12.7. The lowest BCUT2D eigenvalue weighted by Gasteiger charge is -2.21. The first kappa shape index (κ1) is 14.4. The van der Waals surface area contributed by atoms with Crippen molar-refractivity contribution in [3.8, 4) is 0 Å². The molecule has 0 aromatic heterocycles. The quantitative estimate of drug-likeness (QED) is 0.925. The lowest BCUT2D eigenvalue weighted by atomic mass is 10.1. The van der Waals surface area contributed by atoms with Crippen molar-refractivity contribution in [2.24, 2.45) is 0 Å². The number of fused-ring (bicyclic) bond motifs is 1. The Balaban J connectivity index is 1.80. The van der Waals surface area contributed by atoms with Crippen LogP contribution in [0, 0.1) is 0 Å². The highest BCUT2D eigenvalue weighted by molar-refractivity contribution is 5.94. The third-order valence-corrected chi connectivity index (χ3v) is 3.99. The van der Waals surface area contributed by atoms with Gasteiger partial charge in [0.1, 0.15) is 0 Å². The zero-order valence-electron chi connectivity index (χ0n) is 13.0. The van der Waals surface area contributed by atoms with E-state index in [2.05, 4.69) is 17.4 Å². The molecule has 0 bridgehead atoms. The summed E-state index contributed by atoms with van der Waals surface area (Å²) in [6.45, 7) is 2.14. The number of anilines is 2. The zero-order valence-corrected chi connectivity index (χ0v) is 13.0. The molecule has 0 saturated carbocycles. The molecule has 114 valence electrons. The number of hydrogen-bond donors (Lipinski definition) is 1. The Kier molecular flexibility index (Phi) is 4.00. The van der Waals surface area contributed by atoms with Gasteiger partial charge in [-0.25, -0.2) is 0 Å². The summed E-state index contributed by atoms with van der Waals surface area (Å²) in [6.07, 6.45) is 0. The number of nitrogens with one attached hydrogen (secondary N) is 1. The van der Waals surface area contributed by atoms with E-state index in [-0.39, 0.29) is 5.91 Å². The van der Waals surface area contributed by atoms with Gasteiger partial charge in [0.05, 0.1) is 0 Å². The van der Waals surface area contributed by atoms with E-state index in [0.717, 1.165) is 23.5 Å². The summed E-state index contributed by atoms with van der Waals surface area (Å²) in [4.78, 5) is 16.7. The normalized spacial score (nSPS) is 13.8. The van der Waals surface area contributed by atoms with E-state index >= 15 is 0 Å². The molecule has 0 unspecified atom stereocenters. The number of rotatable bonds is 2. The van der Waals surface area contributed by atoms with E-state index < -0.39 is 0 Å². The van der Waals surface area contributed by atoms with Crippen molar-refractivity contribution < 1.29 is 4.79 Å². The van der Waals surface area contributed by atoms with E-state index in [4.69, 9.17) is 0 Å². The van der Waals surface area contributed by atoms with Gasteiger partial charge in [0.15, 0.2) is 0 Å². The Morgan fingerprint density at radius 3 is 2.55 bits per heavy atom. The molecule has 22 heavy (non-hydrogen) atoms. The van der Waals surface area contributed by atoms with Gasteiger partial charge in [-0.15, -0.1) is 0 Å². The largest absolute Gasteiger partial charge is 0.383 e. The summed E-state index contributed by atoms with van der Waals surface area (Å²) < 4.78 is 0. The molecule has 0 spiro atoms. The highest BCUT2D eigenvalue weighted by Crippen LogP contribution is 2.21. The summed E-state index contributed by atoms with van der Waals surface area (Å²) in [7, 11) is 3.99. The van der Waals surface area contributed by atoms with Gasteiger partial charge >= 0.3 is 0 Å². The summed E-state index contributed by atoms with van der Waals surface area (Å²) in [6, 6.07) is 15.9. The van der Waals surface area contributed by atoms with Crippen molar-refractivity contribution in [2.75, 3.05) is 37.4 Å². The van der Waals surface area contributed by atoms with Crippen molar-refractivity contribution in [3.63, 3.8) is 0 Å². The molecule has 1 aliphatic heterocycles. The lowest BCUT2D eigenvalue weighted by molar-refractivity contribution is 0.0753. The first-order valence-corrected chi connectivity index (χ1v) is 7.53. The molecule has 1 N–H and O–H groups in total. The molecule has 3 rings (SSSR count). The number of carbonyl (C=O) groups is 1. The van der Waals surface area contributed by atoms with Crippen LogP contribution in [-0.4, -0.2) is 38.0 Å². The van der Waals surface area contributed by atoms with Gasteiger partial charge in [-0.3, -0.25) is 4.79 Å². The minimum absolute atomic E-state index is 0.0869. The fraction of sp³-hybridized carbons (Fsp3) is 0.278. The van der Waals surface area contributed by atoms with Crippen LogP contribution >= 0.6 is 0 Å². The second-order valence-corrected chi connectivity index (χ2v) is 5.75. The van der Waals surface area contributed by atoms with Gasteiger partial charge in [-0.1, -0.05) is 18.2 Å². The summed E-state index contributed by atoms with van der Waals surface area (Å²) in [5, 5.41) is 3.38. The molecule has 1 heterocycles. The van der Waals surface area contributed by atoms with Crippen molar-refractivity contribution in [2.45, 2.75) is 6.54 Å². The molecule has 1 amide bonds. The molecule has 4 nitrogen and oxygen atoms in total. The summed E-state index contributed by atoms with van der Waals surface area (Å²) in [5.74, 6) is 0.0869. The van der Waals surface area contributed by atoms with Crippen LogP contribution in [0.25, 0.3) is 0 Å². The molecule has 0 atom stereocenters. The molecule has 2 aromatic carbocycles. The van der Waals surface area contributed by atoms with Gasteiger partial charge in [0.25, 0.3) is 5.91 Å². The topological polar surface area (TPSA) is 35.6 Å². The molecule has 0 saturated heterocycles. The van der Waals surface area contributed by atoms with E-state index in [1.807, 2.05) is 60.3 Å². The molecule has 2 aromatic rings. The Bertz CT molecular complexity index is 664. The van der Waals surface area contributed by atoms with Crippen LogP contribution in [-0.2, 0) is 6.54 Å². The summed E-state index contributed by atoms with van der Waals surface area (Å²) in [5.41, 5.74) is 4.13. The standard InChI is InChI=1S/C18H21N3O/c1-20(2)16-9-7-14(8-10-16)18(22)21-12-11-19-17-6-4-3-5-15(17)13-21/h3-10,19H,11-13H2,1-2H3. The Morgan fingerprint density at radius 1 is 1.09 bits per heavy atom. The Labute approximate surface area is 131 Å². The first-order valence-electron chi connectivity index (χ1n) is 7.53. The highest BCUT2D eigenvalue weighted by atomic mass is 16.2. The van der Waals surface area contributed by atoms with Gasteiger partial charge in [0, 0.05) is 50.7 Å². The Hall–Kier alpha value is -2.49. The third-order valence-electron chi connectivity index (χ3n) is 3.99. The monoisotopic (exact) mass is 295 g/mol. The first-order chi connectivity index (χ1) is 10.6. The van der Waals surface area contributed by atoms with Crippen LogP contribution < -0.4 is 10.2 Å². The van der Waals surface area contributed by atoms with E-state index in [9.17, 15) is 4.79 Å². The number of carbonyl (C=O) groups excluding carboxylic acids is 1. The third kappa shape index (κ3) is 2.91. The average Bonchev–Trinajstić information content (AvgIpc) is 2.76. The molecule has 0 radical (unpaired) electrons. The highest BCUT2D eigenvalue weighted by Gasteiger charge is 2.19.